The second-order valence-electron chi connectivity index (χ2n) is 8.53. The van der Waals surface area contributed by atoms with E-state index in [1.165, 1.54) is 0 Å². The molecule has 0 spiro atoms. The molecule has 0 rings (SSSR count). The summed E-state index contributed by atoms with van der Waals surface area (Å²) in [6.45, 7) is 2.10. The lowest BCUT2D eigenvalue weighted by atomic mass is 9.84. The van der Waals surface area contributed by atoms with Crippen LogP contribution in [0.4, 0.5) is 127 Å². The molecular weight excluding hydrogens is 787 g/mol. The lowest BCUT2D eigenvalue weighted by Gasteiger charge is -2.46. The zero-order valence-corrected chi connectivity index (χ0v) is 20.6. The molecule has 0 aromatic heterocycles. The Kier molecular flexibility index (Phi) is 10.4. The molecule has 0 aromatic rings. The molecule has 0 aliphatic rings. The van der Waals surface area contributed by atoms with E-state index in [1.54, 1.807) is 0 Å². The Morgan fingerprint density at radius 2 is 0.500 bits per heavy atom. The van der Waals surface area contributed by atoms with Gasteiger partial charge in [-0.2, -0.15) is 127 Å². The van der Waals surface area contributed by atoms with Gasteiger partial charge in [0.15, 0.2) is 0 Å². The first kappa shape index (κ1) is 45.2. The average Bonchev–Trinajstić information content (AvgIpc) is 2.86. The molecule has 0 bridgehead atoms. The summed E-state index contributed by atoms with van der Waals surface area (Å²) in [6.07, 6.45) is -16.8. The summed E-state index contributed by atoms with van der Waals surface area (Å²) < 4.78 is 388. The van der Waals surface area contributed by atoms with Crippen LogP contribution < -0.4 is 0 Å². The van der Waals surface area contributed by atoms with Crippen molar-refractivity contribution in [1.82, 2.24) is 0 Å². The SMILES string of the molecule is C=CC(=O)OC(F)(F)C(F)(F)C(F)(F)C(F)(F)C(F)(F)C(F)(F)C(F)(F)C(F)(F)C(F)(F)C(F)(F)C(F)(F)C(F)(F)C(F)(F)C(F)(F)F. The topological polar surface area (TPSA) is 26.3 Å². The molecule has 0 fully saturated rings. The van der Waals surface area contributed by atoms with Gasteiger partial charge in [-0.25, -0.2) is 4.79 Å². The van der Waals surface area contributed by atoms with Crippen molar-refractivity contribution in [3.8, 4) is 0 Å². The summed E-state index contributed by atoms with van der Waals surface area (Å²) in [5.41, 5.74) is 0. The Hall–Kier alpha value is -2.82. The highest BCUT2D eigenvalue weighted by Gasteiger charge is 3.01. The zero-order chi connectivity index (χ0) is 40.0. The minimum absolute atomic E-state index is 0.745. The molecule has 0 heterocycles. The number of hydrogen-bond acceptors (Lipinski definition) is 2. The fourth-order valence-corrected chi connectivity index (χ4v) is 2.56. The predicted octanol–water partition coefficient (Wildman–Crippen LogP) is 9.49. The molecule has 0 unspecified atom stereocenters. The van der Waals surface area contributed by atoms with E-state index in [-0.39, 0.29) is 0 Å². The third-order valence-electron chi connectivity index (χ3n) is 5.45. The van der Waals surface area contributed by atoms with Crippen molar-refractivity contribution in [2.45, 2.75) is 83.4 Å². The second kappa shape index (κ2) is 11.1. The van der Waals surface area contributed by atoms with E-state index in [9.17, 15) is 132 Å². The van der Waals surface area contributed by atoms with Gasteiger partial charge < -0.3 is 4.74 Å². The fraction of sp³-hybridized carbons (Fsp3) is 0.824. The lowest BCUT2D eigenvalue weighted by Crippen LogP contribution is -2.79. The summed E-state index contributed by atoms with van der Waals surface area (Å²) in [6, 6.07) is 0. The van der Waals surface area contributed by atoms with Gasteiger partial charge in [0, 0.05) is 6.08 Å². The number of carbonyl (C=O) groups is 1. The summed E-state index contributed by atoms with van der Waals surface area (Å²) in [5.74, 6) is -118. The molecule has 0 saturated carbocycles. The molecule has 286 valence electrons. The average molecular weight is 790 g/mol. The number of alkyl halides is 29. The Bertz CT molecular complexity index is 1220. The molecule has 0 amide bonds. The summed E-state index contributed by atoms with van der Waals surface area (Å²) in [4.78, 5) is 10.5. The van der Waals surface area contributed by atoms with Crippen LogP contribution in [0, 0.1) is 0 Å². The van der Waals surface area contributed by atoms with Crippen LogP contribution in [-0.4, -0.2) is 89.3 Å². The molecule has 0 aromatic carbocycles. The van der Waals surface area contributed by atoms with Crippen molar-refractivity contribution in [3.05, 3.63) is 12.7 Å². The van der Waals surface area contributed by atoms with Crippen molar-refractivity contribution >= 4 is 5.97 Å². The molecule has 2 nitrogen and oxygen atoms in total. The highest BCUT2D eigenvalue weighted by atomic mass is 19.4. The second-order valence-corrected chi connectivity index (χ2v) is 8.53. The Labute approximate surface area is 240 Å². The van der Waals surface area contributed by atoms with Gasteiger partial charge in [-0.15, -0.1) is 0 Å². The summed E-state index contributed by atoms with van der Waals surface area (Å²) in [5, 5.41) is 0. The number of ether oxygens (including phenoxy) is 1. The Morgan fingerprint density at radius 3 is 0.667 bits per heavy atom. The lowest BCUT2D eigenvalue weighted by molar-refractivity contribution is -0.491. The van der Waals surface area contributed by atoms with Crippen LogP contribution in [0.3, 0.4) is 0 Å². The molecule has 0 saturated heterocycles. The van der Waals surface area contributed by atoms with Gasteiger partial charge >= 0.3 is 89.3 Å². The number of esters is 1. The quantitative estimate of drug-likeness (QED) is 0.0997. The third-order valence-corrected chi connectivity index (χ3v) is 5.45. The van der Waals surface area contributed by atoms with Crippen LogP contribution in [0.1, 0.15) is 0 Å². The van der Waals surface area contributed by atoms with Crippen LogP contribution in [0.2, 0.25) is 0 Å². The number of rotatable bonds is 14. The van der Waals surface area contributed by atoms with Gasteiger partial charge in [-0.1, -0.05) is 6.58 Å². The molecule has 0 atom stereocenters. The maximum atomic E-state index is 13.7. The maximum Gasteiger partial charge on any atom is 0.473 e. The zero-order valence-electron chi connectivity index (χ0n) is 20.6. The molecule has 0 aliphatic carbocycles. The fourth-order valence-electron chi connectivity index (χ4n) is 2.56. The van der Waals surface area contributed by atoms with Crippen LogP contribution in [-0.2, 0) is 9.53 Å². The molecular formula is C17H3F29O2. The van der Waals surface area contributed by atoms with Gasteiger partial charge in [0.1, 0.15) is 0 Å². The van der Waals surface area contributed by atoms with E-state index in [1.807, 2.05) is 4.74 Å². The first-order chi connectivity index (χ1) is 20.2. The number of halogens is 29. The van der Waals surface area contributed by atoms with E-state index in [2.05, 4.69) is 6.58 Å². The van der Waals surface area contributed by atoms with Gasteiger partial charge in [0.05, 0.1) is 0 Å². The van der Waals surface area contributed by atoms with E-state index >= 15 is 0 Å². The van der Waals surface area contributed by atoms with Crippen LogP contribution in [0.5, 0.6) is 0 Å². The Morgan fingerprint density at radius 1 is 0.333 bits per heavy atom. The van der Waals surface area contributed by atoms with Gasteiger partial charge in [-0.3, -0.25) is 0 Å². The molecule has 0 N–H and O–H groups in total. The predicted molar refractivity (Wildman–Crippen MR) is 86.7 cm³/mol. The van der Waals surface area contributed by atoms with E-state index in [0.717, 1.165) is 0 Å². The number of carbonyl (C=O) groups excluding carboxylic acids is 1. The highest BCUT2D eigenvalue weighted by molar-refractivity contribution is 5.81. The van der Waals surface area contributed by atoms with Crippen molar-refractivity contribution in [2.75, 3.05) is 0 Å². The van der Waals surface area contributed by atoms with Gasteiger partial charge in [0.25, 0.3) is 0 Å². The van der Waals surface area contributed by atoms with E-state index in [4.69, 9.17) is 0 Å². The van der Waals surface area contributed by atoms with Crippen molar-refractivity contribution < 1.29 is 137 Å². The maximum absolute atomic E-state index is 13.7. The van der Waals surface area contributed by atoms with Crippen LogP contribution in [0.25, 0.3) is 0 Å². The molecule has 48 heavy (non-hydrogen) atoms. The number of hydrogen-bond donors (Lipinski definition) is 0. The monoisotopic (exact) mass is 790 g/mol. The van der Waals surface area contributed by atoms with Gasteiger partial charge in [-0.05, 0) is 0 Å². The smallest absolute Gasteiger partial charge is 0.393 e. The minimum Gasteiger partial charge on any atom is -0.393 e. The van der Waals surface area contributed by atoms with Crippen molar-refractivity contribution in [1.29, 1.82) is 0 Å². The largest absolute Gasteiger partial charge is 0.473 e. The van der Waals surface area contributed by atoms with Gasteiger partial charge in [0.2, 0.25) is 0 Å². The normalized spacial score (nSPS) is 16.6. The first-order valence-corrected chi connectivity index (χ1v) is 10.0. The van der Waals surface area contributed by atoms with Crippen LogP contribution >= 0.6 is 0 Å². The molecule has 31 heteroatoms. The Balaban J connectivity index is 7.55. The third kappa shape index (κ3) is 5.23. The summed E-state index contributed by atoms with van der Waals surface area (Å²) in [7, 11) is 0. The van der Waals surface area contributed by atoms with Crippen molar-refractivity contribution in [2.24, 2.45) is 0 Å². The highest BCUT2D eigenvalue weighted by Crippen LogP contribution is 2.69. The molecule has 0 radical (unpaired) electrons. The van der Waals surface area contributed by atoms with Crippen LogP contribution in [0.15, 0.2) is 12.7 Å². The standard InChI is InChI=1S/C17H3F29O2/c1-2-3(47)48-17(45,46)15(40,41)13(36,37)11(32,33)9(28,29)7(24,25)5(20,21)4(18,19)6(22,23)8(26,27)10(30,31)12(34,35)14(38,39)16(42,43)44/h2H,1H2. The van der Waals surface area contributed by atoms with E-state index < -0.39 is 95.4 Å². The summed E-state index contributed by atoms with van der Waals surface area (Å²) >= 11 is 0. The van der Waals surface area contributed by atoms with Crippen molar-refractivity contribution in [3.63, 3.8) is 0 Å². The molecule has 0 aliphatic heterocycles. The first-order valence-electron chi connectivity index (χ1n) is 10.0. The van der Waals surface area contributed by atoms with E-state index in [0.29, 0.717) is 0 Å². The minimum atomic E-state index is -9.99.